The first-order valence-electron chi connectivity index (χ1n) is 15.7. The van der Waals surface area contributed by atoms with Crippen LogP contribution in [0.2, 0.25) is 0 Å². The number of ketones is 1. The van der Waals surface area contributed by atoms with Crippen LogP contribution in [-0.2, 0) is 19.1 Å². The van der Waals surface area contributed by atoms with Crippen LogP contribution >= 0.6 is 0 Å². The summed E-state index contributed by atoms with van der Waals surface area (Å²) < 4.78 is 12.2. The maximum absolute atomic E-state index is 13.3. The molecule has 0 amide bonds. The van der Waals surface area contributed by atoms with Gasteiger partial charge in [-0.25, -0.2) is 0 Å². The molecule has 0 aliphatic carbocycles. The Bertz CT molecular complexity index is 953. The summed E-state index contributed by atoms with van der Waals surface area (Å²) in [4.78, 5) is 25.6. The molecule has 10 unspecified atom stereocenters. The molecule has 0 radical (unpaired) electrons. The van der Waals surface area contributed by atoms with E-state index >= 15 is 0 Å². The summed E-state index contributed by atoms with van der Waals surface area (Å²) in [6, 6.07) is 0. The molecule has 0 aromatic rings. The number of fused-ring (bicyclic) bond motifs is 2. The van der Waals surface area contributed by atoms with E-state index in [4.69, 9.17) is 9.47 Å². The standard InChI is InChI=1S/C34H56O7/c1-9-29(36)27(8)31(38)24(5)19-26(7)32-25(6)18-21(2)14-15-28(35)13-11-10-12-22(3)33-23(4)16-17-34(39,41-33)20-30(37)40-32/h12,14-16,21,24-28,31-33,35,38-39H,9-11,13,17-20H2,1-8H3/b15-14+,22-12+. The van der Waals surface area contributed by atoms with Gasteiger partial charge in [0.15, 0.2) is 5.79 Å². The number of carbonyl (C=O) groups is 2. The highest BCUT2D eigenvalue weighted by Gasteiger charge is 2.40. The van der Waals surface area contributed by atoms with Gasteiger partial charge in [0.25, 0.3) is 0 Å². The highest BCUT2D eigenvalue weighted by atomic mass is 16.6. The van der Waals surface area contributed by atoms with Gasteiger partial charge in [-0.2, -0.15) is 0 Å². The summed E-state index contributed by atoms with van der Waals surface area (Å²) in [6.07, 6.45) is 9.60. The first kappa shape index (κ1) is 35.4. The van der Waals surface area contributed by atoms with Gasteiger partial charge >= 0.3 is 5.97 Å². The molecule has 0 saturated heterocycles. The van der Waals surface area contributed by atoms with Crippen molar-refractivity contribution in [3.8, 4) is 0 Å². The molecule has 2 heterocycles. The molecule has 0 spiro atoms. The predicted octanol–water partition coefficient (Wildman–Crippen LogP) is 6.06. The van der Waals surface area contributed by atoms with Gasteiger partial charge in [0.05, 0.1) is 18.6 Å². The molecule has 0 fully saturated rings. The summed E-state index contributed by atoms with van der Waals surface area (Å²) in [6.45, 7) is 15.6. The lowest BCUT2D eigenvalue weighted by Crippen LogP contribution is -2.44. The summed E-state index contributed by atoms with van der Waals surface area (Å²) in [5.41, 5.74) is 1.96. The number of rotatable bonds is 7. The van der Waals surface area contributed by atoms with Crippen LogP contribution in [0.1, 0.15) is 107 Å². The molecular formula is C34H56O7. The molecule has 2 bridgehead atoms. The third kappa shape index (κ3) is 10.8. The van der Waals surface area contributed by atoms with Gasteiger partial charge in [-0.3, -0.25) is 9.59 Å². The lowest BCUT2D eigenvalue weighted by atomic mass is 9.79. The van der Waals surface area contributed by atoms with Crippen LogP contribution in [0.5, 0.6) is 0 Å². The zero-order valence-electron chi connectivity index (χ0n) is 26.6. The topological polar surface area (TPSA) is 113 Å². The number of aliphatic hydroxyl groups is 3. The minimum atomic E-state index is -1.66. The van der Waals surface area contributed by atoms with Crippen LogP contribution < -0.4 is 0 Å². The Morgan fingerprint density at radius 3 is 2.44 bits per heavy atom. The molecule has 2 aliphatic heterocycles. The fourth-order valence-corrected chi connectivity index (χ4v) is 6.41. The van der Waals surface area contributed by atoms with Crippen molar-refractivity contribution in [1.82, 2.24) is 0 Å². The molecule has 10 atom stereocenters. The van der Waals surface area contributed by atoms with Gasteiger partial charge in [0.1, 0.15) is 18.0 Å². The fraction of sp³-hybridized carbons (Fsp3) is 0.765. The van der Waals surface area contributed by atoms with Crippen molar-refractivity contribution in [1.29, 1.82) is 0 Å². The highest BCUT2D eigenvalue weighted by molar-refractivity contribution is 5.80. The molecule has 0 saturated carbocycles. The zero-order valence-corrected chi connectivity index (χ0v) is 26.6. The Labute approximate surface area is 248 Å². The van der Waals surface area contributed by atoms with E-state index in [2.05, 4.69) is 19.9 Å². The number of hydrogen-bond acceptors (Lipinski definition) is 7. The number of ether oxygens (including phenoxy) is 2. The van der Waals surface area contributed by atoms with Crippen molar-refractivity contribution in [3.63, 3.8) is 0 Å². The Hall–Kier alpha value is -1.80. The number of esters is 1. The van der Waals surface area contributed by atoms with Gasteiger partial charge in [-0.05, 0) is 80.8 Å². The quantitative estimate of drug-likeness (QED) is 0.249. The maximum Gasteiger partial charge on any atom is 0.311 e. The minimum absolute atomic E-state index is 0.0225. The lowest BCUT2D eigenvalue weighted by molar-refractivity contribution is -0.229. The number of allylic oxidation sites excluding steroid dienone is 2. The van der Waals surface area contributed by atoms with E-state index in [0.29, 0.717) is 19.3 Å². The van der Waals surface area contributed by atoms with Gasteiger partial charge in [0.2, 0.25) is 0 Å². The van der Waals surface area contributed by atoms with Crippen molar-refractivity contribution in [3.05, 3.63) is 35.5 Å². The van der Waals surface area contributed by atoms with E-state index in [1.54, 1.807) is 13.8 Å². The van der Waals surface area contributed by atoms with E-state index in [1.807, 2.05) is 45.9 Å². The van der Waals surface area contributed by atoms with Crippen LogP contribution in [-0.4, -0.2) is 57.3 Å². The SMILES string of the molecule is CCC(=O)C(C)C(O)C(C)CC(C)C1OC(=O)CC2(O)CC=C(C)C(O2)/C(C)=C/CCCC(O)/C=C/C(C)CC1C. The average molecular weight is 577 g/mol. The first-order valence-corrected chi connectivity index (χ1v) is 15.7. The molecule has 2 rings (SSSR count). The Kier molecular flexibility index (Phi) is 13.9. The molecule has 3 N–H and O–H groups in total. The van der Waals surface area contributed by atoms with Crippen LogP contribution in [0.4, 0.5) is 0 Å². The van der Waals surface area contributed by atoms with Gasteiger partial charge in [0, 0.05) is 18.8 Å². The van der Waals surface area contributed by atoms with E-state index in [0.717, 1.165) is 30.4 Å². The maximum atomic E-state index is 13.3. The number of cyclic esters (lactones) is 1. The second kappa shape index (κ2) is 16.2. The van der Waals surface area contributed by atoms with Crippen molar-refractivity contribution < 1.29 is 34.4 Å². The third-order valence-corrected chi connectivity index (χ3v) is 8.99. The molecule has 41 heavy (non-hydrogen) atoms. The summed E-state index contributed by atoms with van der Waals surface area (Å²) in [7, 11) is 0. The molecule has 2 aliphatic rings. The van der Waals surface area contributed by atoms with Crippen molar-refractivity contribution >= 4 is 11.8 Å². The van der Waals surface area contributed by atoms with E-state index in [1.165, 1.54) is 0 Å². The monoisotopic (exact) mass is 576 g/mol. The molecular weight excluding hydrogens is 520 g/mol. The molecule has 7 heteroatoms. The van der Waals surface area contributed by atoms with E-state index < -0.39 is 42.1 Å². The number of Topliss-reactive ketones (excluding diaryl/α,β-unsaturated/α-hetero) is 1. The van der Waals surface area contributed by atoms with Gasteiger partial charge < -0.3 is 24.8 Å². The number of aliphatic hydroxyl groups excluding tert-OH is 2. The van der Waals surface area contributed by atoms with Gasteiger partial charge in [-0.15, -0.1) is 0 Å². The van der Waals surface area contributed by atoms with Crippen LogP contribution in [0.15, 0.2) is 35.5 Å². The average Bonchev–Trinajstić information content (AvgIpc) is 2.92. The summed E-state index contributed by atoms with van der Waals surface area (Å²) >= 11 is 0. The molecule has 0 aromatic heterocycles. The molecule has 7 nitrogen and oxygen atoms in total. The van der Waals surface area contributed by atoms with Crippen LogP contribution in [0.25, 0.3) is 0 Å². The summed E-state index contributed by atoms with van der Waals surface area (Å²) in [5, 5.41) is 32.7. The summed E-state index contributed by atoms with van der Waals surface area (Å²) in [5.74, 6) is -2.75. The van der Waals surface area contributed by atoms with Crippen LogP contribution in [0.3, 0.4) is 0 Å². The second-order valence-corrected chi connectivity index (χ2v) is 13.0. The van der Waals surface area contributed by atoms with E-state index in [-0.39, 0.29) is 42.3 Å². The minimum Gasteiger partial charge on any atom is -0.462 e. The number of carbonyl (C=O) groups excluding carboxylic acids is 2. The van der Waals surface area contributed by atoms with Crippen molar-refractivity contribution in [2.75, 3.05) is 0 Å². The fourth-order valence-electron chi connectivity index (χ4n) is 6.41. The first-order chi connectivity index (χ1) is 19.2. The molecule has 0 aromatic carbocycles. The van der Waals surface area contributed by atoms with Gasteiger partial charge in [-0.1, -0.05) is 65.8 Å². The van der Waals surface area contributed by atoms with Crippen molar-refractivity contribution in [2.45, 2.75) is 137 Å². The zero-order chi connectivity index (χ0) is 30.9. The second-order valence-electron chi connectivity index (χ2n) is 13.0. The normalized spacial score (nSPS) is 35.8. The van der Waals surface area contributed by atoms with E-state index in [9.17, 15) is 24.9 Å². The smallest absolute Gasteiger partial charge is 0.311 e. The number of hydrogen-bond donors (Lipinski definition) is 3. The largest absolute Gasteiger partial charge is 0.462 e. The van der Waals surface area contributed by atoms with Crippen molar-refractivity contribution in [2.24, 2.45) is 29.6 Å². The Morgan fingerprint density at radius 1 is 1.12 bits per heavy atom. The Morgan fingerprint density at radius 2 is 1.78 bits per heavy atom. The third-order valence-electron chi connectivity index (χ3n) is 8.99. The van der Waals surface area contributed by atoms with Crippen LogP contribution in [0, 0.1) is 29.6 Å². The Balaban J connectivity index is 2.31. The molecule has 234 valence electrons. The lowest BCUT2D eigenvalue weighted by Gasteiger charge is -2.38. The predicted molar refractivity (Wildman–Crippen MR) is 162 cm³/mol. The highest BCUT2D eigenvalue weighted by Crippen LogP contribution is 2.35.